The summed E-state index contributed by atoms with van der Waals surface area (Å²) in [5, 5.41) is 3.69. The number of aromatic nitrogens is 1. The van der Waals surface area contributed by atoms with E-state index in [0.717, 1.165) is 26.1 Å². The summed E-state index contributed by atoms with van der Waals surface area (Å²) in [4.78, 5) is 17.0. The molecular weight excluding hydrogens is 404 g/mol. The Morgan fingerprint density at radius 2 is 1.90 bits per heavy atom. The van der Waals surface area contributed by atoms with Crippen molar-refractivity contribution >= 4 is 15.9 Å². The number of hydrogen-bond donors (Lipinski definition) is 1. The van der Waals surface area contributed by atoms with Crippen LogP contribution in [0.25, 0.3) is 0 Å². The molecule has 0 unspecified atom stereocenters. The Morgan fingerprint density at radius 3 is 2.57 bits per heavy atom. The van der Waals surface area contributed by atoms with Gasteiger partial charge in [-0.25, -0.2) is 8.42 Å². The Balaban J connectivity index is 1.61. The van der Waals surface area contributed by atoms with Crippen molar-refractivity contribution in [2.75, 3.05) is 26.2 Å². The van der Waals surface area contributed by atoms with Crippen LogP contribution >= 0.6 is 0 Å². The van der Waals surface area contributed by atoms with Crippen LogP contribution in [0, 0.1) is 20.8 Å². The lowest BCUT2D eigenvalue weighted by molar-refractivity contribution is -0.132. The Kier molecular flexibility index (Phi) is 6.95. The standard InChI is InChI=1S/C21H30N4O4S/c1-15-8-5-6-9-19(15)14-24-10-7-11-25(13-12-24)21(26)17(3)23-30(27,28)20-16(2)22-29-18(20)4/h5-6,8-9,17,23H,7,10-14H2,1-4H3/t17-/m0/s1. The van der Waals surface area contributed by atoms with Gasteiger partial charge in [-0.3, -0.25) is 9.69 Å². The Labute approximate surface area is 178 Å². The van der Waals surface area contributed by atoms with Crippen LogP contribution in [-0.2, 0) is 21.4 Å². The van der Waals surface area contributed by atoms with Gasteiger partial charge in [-0.15, -0.1) is 0 Å². The minimum atomic E-state index is -3.89. The van der Waals surface area contributed by atoms with E-state index in [1.165, 1.54) is 11.1 Å². The van der Waals surface area contributed by atoms with E-state index in [9.17, 15) is 13.2 Å². The van der Waals surface area contributed by atoms with Gasteiger partial charge >= 0.3 is 0 Å². The van der Waals surface area contributed by atoms with E-state index in [2.05, 4.69) is 33.8 Å². The zero-order chi connectivity index (χ0) is 21.9. The summed E-state index contributed by atoms with van der Waals surface area (Å²) in [6.07, 6.45) is 0.848. The van der Waals surface area contributed by atoms with Crippen molar-refractivity contribution < 1.29 is 17.7 Å². The van der Waals surface area contributed by atoms with Gasteiger partial charge in [0.1, 0.15) is 10.6 Å². The van der Waals surface area contributed by atoms with Crippen LogP contribution in [0.3, 0.4) is 0 Å². The van der Waals surface area contributed by atoms with Crippen LogP contribution in [0.15, 0.2) is 33.7 Å². The lowest BCUT2D eigenvalue weighted by Gasteiger charge is -2.25. The smallest absolute Gasteiger partial charge is 0.246 e. The molecule has 3 rings (SSSR count). The first-order chi connectivity index (χ1) is 14.2. The molecule has 8 nitrogen and oxygen atoms in total. The molecule has 0 spiro atoms. The summed E-state index contributed by atoms with van der Waals surface area (Å²) < 4.78 is 32.8. The van der Waals surface area contributed by atoms with E-state index in [0.29, 0.717) is 13.1 Å². The van der Waals surface area contributed by atoms with Gasteiger partial charge in [-0.2, -0.15) is 4.72 Å². The summed E-state index contributed by atoms with van der Waals surface area (Å²) in [7, 11) is -3.89. The molecule has 164 valence electrons. The van der Waals surface area contributed by atoms with Gasteiger partial charge < -0.3 is 9.42 Å². The van der Waals surface area contributed by atoms with Gasteiger partial charge in [0.2, 0.25) is 15.9 Å². The van der Waals surface area contributed by atoms with E-state index in [1.807, 2.05) is 12.1 Å². The molecule has 1 aliphatic rings. The number of carbonyl (C=O) groups excluding carboxylic acids is 1. The van der Waals surface area contributed by atoms with Crippen molar-refractivity contribution in [1.29, 1.82) is 0 Å². The number of carbonyl (C=O) groups is 1. The number of benzene rings is 1. The number of rotatable bonds is 6. The monoisotopic (exact) mass is 434 g/mol. The molecule has 30 heavy (non-hydrogen) atoms. The summed E-state index contributed by atoms with van der Waals surface area (Å²) in [5.74, 6) is -0.00987. The van der Waals surface area contributed by atoms with Crippen molar-refractivity contribution in [2.45, 2.75) is 51.6 Å². The molecule has 1 aromatic carbocycles. The maximum atomic E-state index is 12.9. The van der Waals surface area contributed by atoms with Crippen molar-refractivity contribution in [3.63, 3.8) is 0 Å². The Hall–Kier alpha value is -2.23. The van der Waals surface area contributed by atoms with Gasteiger partial charge in [0.05, 0.1) is 6.04 Å². The zero-order valence-corrected chi connectivity index (χ0v) is 18.8. The average Bonchev–Trinajstić information content (AvgIpc) is 2.89. The lowest BCUT2D eigenvalue weighted by Crippen LogP contribution is -2.48. The summed E-state index contributed by atoms with van der Waals surface area (Å²) in [6, 6.07) is 7.45. The number of nitrogens with one attached hydrogen (secondary N) is 1. The largest absolute Gasteiger partial charge is 0.360 e. The number of hydrogen-bond acceptors (Lipinski definition) is 6. The van der Waals surface area contributed by atoms with Crippen molar-refractivity contribution in [3.05, 3.63) is 46.8 Å². The SMILES string of the molecule is Cc1ccccc1CN1CCCN(C(=O)[C@H](C)NS(=O)(=O)c2c(C)noc2C)CC1. The van der Waals surface area contributed by atoms with Crippen molar-refractivity contribution in [2.24, 2.45) is 0 Å². The highest BCUT2D eigenvalue weighted by atomic mass is 32.2. The third kappa shape index (κ3) is 5.08. The maximum absolute atomic E-state index is 12.9. The molecule has 0 radical (unpaired) electrons. The van der Waals surface area contributed by atoms with Gasteiger partial charge in [0, 0.05) is 32.7 Å². The van der Waals surface area contributed by atoms with Crippen LogP contribution in [0.4, 0.5) is 0 Å². The van der Waals surface area contributed by atoms with Gasteiger partial charge in [-0.1, -0.05) is 29.4 Å². The third-order valence-electron chi connectivity index (χ3n) is 5.49. The highest BCUT2D eigenvalue weighted by molar-refractivity contribution is 7.89. The molecule has 1 saturated heterocycles. The first-order valence-electron chi connectivity index (χ1n) is 10.2. The molecule has 0 aliphatic carbocycles. The second kappa shape index (κ2) is 9.28. The molecule has 1 aromatic heterocycles. The fraction of sp³-hybridized carbons (Fsp3) is 0.524. The van der Waals surface area contributed by atoms with Crippen LogP contribution in [0.2, 0.25) is 0 Å². The Morgan fingerprint density at radius 1 is 1.17 bits per heavy atom. The number of nitrogens with zero attached hydrogens (tertiary/aromatic N) is 3. The number of amides is 1. The first-order valence-corrected chi connectivity index (χ1v) is 11.7. The summed E-state index contributed by atoms with van der Waals surface area (Å²) in [6.45, 7) is 10.5. The first kappa shape index (κ1) is 22.5. The van der Waals surface area contributed by atoms with E-state index in [1.54, 1.807) is 25.7 Å². The molecule has 9 heteroatoms. The highest BCUT2D eigenvalue weighted by Gasteiger charge is 2.30. The minimum absolute atomic E-state index is 0.00224. The topological polar surface area (TPSA) is 95.8 Å². The molecule has 1 amide bonds. The molecule has 1 N–H and O–H groups in total. The summed E-state index contributed by atoms with van der Waals surface area (Å²) in [5.41, 5.74) is 2.83. The molecule has 0 bridgehead atoms. The predicted molar refractivity (Wildman–Crippen MR) is 113 cm³/mol. The van der Waals surface area contributed by atoms with E-state index < -0.39 is 16.1 Å². The summed E-state index contributed by atoms with van der Waals surface area (Å²) >= 11 is 0. The molecule has 0 saturated carbocycles. The zero-order valence-electron chi connectivity index (χ0n) is 18.0. The van der Waals surface area contributed by atoms with Crippen LogP contribution in [-0.4, -0.2) is 61.5 Å². The van der Waals surface area contributed by atoms with E-state index >= 15 is 0 Å². The lowest BCUT2D eigenvalue weighted by atomic mass is 10.1. The van der Waals surface area contributed by atoms with Gasteiger partial charge in [0.15, 0.2) is 5.76 Å². The van der Waals surface area contributed by atoms with Gasteiger partial charge in [0.25, 0.3) is 0 Å². The molecule has 1 fully saturated rings. The second-order valence-electron chi connectivity index (χ2n) is 7.88. The van der Waals surface area contributed by atoms with E-state index in [4.69, 9.17) is 4.52 Å². The van der Waals surface area contributed by atoms with Crippen LogP contribution in [0.5, 0.6) is 0 Å². The Bertz CT molecular complexity index is 983. The average molecular weight is 435 g/mol. The second-order valence-corrected chi connectivity index (χ2v) is 9.53. The highest BCUT2D eigenvalue weighted by Crippen LogP contribution is 2.19. The third-order valence-corrected chi connectivity index (χ3v) is 7.28. The molecular formula is C21H30N4O4S. The molecule has 2 aromatic rings. The quantitative estimate of drug-likeness (QED) is 0.747. The van der Waals surface area contributed by atoms with Crippen molar-refractivity contribution in [3.8, 4) is 0 Å². The number of sulfonamides is 1. The van der Waals surface area contributed by atoms with Crippen molar-refractivity contribution in [1.82, 2.24) is 19.7 Å². The number of aryl methyl sites for hydroxylation is 3. The van der Waals surface area contributed by atoms with Crippen LogP contribution < -0.4 is 4.72 Å². The van der Waals surface area contributed by atoms with Gasteiger partial charge in [-0.05, 0) is 45.2 Å². The maximum Gasteiger partial charge on any atom is 0.246 e. The normalized spacial score (nSPS) is 17.0. The van der Waals surface area contributed by atoms with E-state index in [-0.39, 0.29) is 22.3 Å². The molecule has 2 heterocycles. The minimum Gasteiger partial charge on any atom is -0.360 e. The van der Waals surface area contributed by atoms with Crippen LogP contribution in [0.1, 0.15) is 35.9 Å². The fourth-order valence-corrected chi connectivity index (χ4v) is 5.38. The molecule has 1 atom stereocenters. The predicted octanol–water partition coefficient (Wildman–Crippen LogP) is 2.00. The molecule has 1 aliphatic heterocycles. The fourth-order valence-electron chi connectivity index (χ4n) is 3.85.